The lowest BCUT2D eigenvalue weighted by Crippen LogP contribution is -2.43. The number of aryl methyl sites for hydroxylation is 1. The van der Waals surface area contributed by atoms with E-state index in [1.54, 1.807) is 33.2 Å². The first-order valence-electron chi connectivity index (χ1n) is 6.48. The molecule has 3 N–H and O–H groups in total. The SMILES string of the molecule is CC(C)(C)OC(=O)NC(CCCc1ncc[nH]1)C(=O)O. The van der Waals surface area contributed by atoms with Crippen LogP contribution in [0.1, 0.15) is 39.4 Å². The van der Waals surface area contributed by atoms with Crippen molar-refractivity contribution in [3.63, 3.8) is 0 Å². The molecule has 0 radical (unpaired) electrons. The lowest BCUT2D eigenvalue weighted by molar-refractivity contribution is -0.139. The number of aromatic nitrogens is 2. The topological polar surface area (TPSA) is 104 Å². The Bertz CT molecular complexity index is 437. The van der Waals surface area contributed by atoms with Crippen molar-refractivity contribution in [2.75, 3.05) is 0 Å². The van der Waals surface area contributed by atoms with Gasteiger partial charge in [0.1, 0.15) is 17.5 Å². The molecule has 1 unspecified atom stereocenters. The molecule has 0 saturated heterocycles. The Hall–Kier alpha value is -2.05. The predicted molar refractivity (Wildman–Crippen MR) is 72.3 cm³/mol. The smallest absolute Gasteiger partial charge is 0.408 e. The standard InChI is InChI=1S/C13H21N3O4/c1-13(2,3)20-12(19)16-9(11(17)18)5-4-6-10-14-7-8-15-10/h7-9H,4-6H2,1-3H3,(H,14,15)(H,16,19)(H,17,18). The van der Waals surface area contributed by atoms with Crippen LogP contribution < -0.4 is 5.32 Å². The number of nitrogens with zero attached hydrogens (tertiary/aromatic N) is 1. The number of amides is 1. The van der Waals surface area contributed by atoms with Crippen molar-refractivity contribution < 1.29 is 19.4 Å². The number of aliphatic carboxylic acids is 1. The highest BCUT2D eigenvalue weighted by molar-refractivity contribution is 5.79. The summed E-state index contributed by atoms with van der Waals surface area (Å²) >= 11 is 0. The maximum atomic E-state index is 11.6. The lowest BCUT2D eigenvalue weighted by atomic mass is 10.1. The highest BCUT2D eigenvalue weighted by atomic mass is 16.6. The monoisotopic (exact) mass is 283 g/mol. The number of aromatic amines is 1. The van der Waals surface area contributed by atoms with E-state index in [0.717, 1.165) is 5.82 Å². The molecular formula is C13H21N3O4. The molecule has 1 amide bonds. The van der Waals surface area contributed by atoms with E-state index in [2.05, 4.69) is 15.3 Å². The largest absolute Gasteiger partial charge is 0.480 e. The summed E-state index contributed by atoms with van der Waals surface area (Å²) in [5.41, 5.74) is -0.651. The molecule has 112 valence electrons. The van der Waals surface area contributed by atoms with Crippen LogP contribution in [0.5, 0.6) is 0 Å². The predicted octanol–water partition coefficient (Wildman–Crippen LogP) is 1.71. The second kappa shape index (κ2) is 6.93. The summed E-state index contributed by atoms with van der Waals surface area (Å²) in [5.74, 6) is -0.276. The van der Waals surface area contributed by atoms with Gasteiger partial charge in [0.25, 0.3) is 0 Å². The highest BCUT2D eigenvalue weighted by Gasteiger charge is 2.23. The third-order valence-electron chi connectivity index (χ3n) is 2.45. The van der Waals surface area contributed by atoms with Gasteiger partial charge in [0.2, 0.25) is 0 Å². The van der Waals surface area contributed by atoms with E-state index in [0.29, 0.717) is 19.3 Å². The molecule has 0 spiro atoms. The van der Waals surface area contributed by atoms with E-state index in [-0.39, 0.29) is 0 Å². The molecule has 1 rings (SSSR count). The molecule has 1 atom stereocenters. The molecule has 0 fully saturated rings. The van der Waals surface area contributed by atoms with Crippen molar-refractivity contribution in [2.45, 2.75) is 51.7 Å². The van der Waals surface area contributed by atoms with Gasteiger partial charge in [-0.3, -0.25) is 0 Å². The Kier molecular flexibility index (Phi) is 5.54. The number of carbonyl (C=O) groups is 2. The summed E-state index contributed by atoms with van der Waals surface area (Å²) < 4.78 is 5.04. The average Bonchev–Trinajstić information content (AvgIpc) is 2.77. The number of carboxylic acids is 1. The van der Waals surface area contributed by atoms with Crippen molar-refractivity contribution in [3.8, 4) is 0 Å². The minimum absolute atomic E-state index is 0.315. The molecular weight excluding hydrogens is 262 g/mol. The van der Waals surface area contributed by atoms with Crippen LogP contribution in [0, 0.1) is 0 Å². The Morgan fingerprint density at radius 2 is 2.20 bits per heavy atom. The number of alkyl carbamates (subject to hydrolysis) is 1. The Balaban J connectivity index is 2.40. The molecule has 20 heavy (non-hydrogen) atoms. The second-order valence-electron chi connectivity index (χ2n) is 5.47. The van der Waals surface area contributed by atoms with E-state index in [1.165, 1.54) is 0 Å². The third-order valence-corrected chi connectivity index (χ3v) is 2.45. The quantitative estimate of drug-likeness (QED) is 0.737. The summed E-state index contributed by atoms with van der Waals surface area (Å²) in [6.07, 6.45) is 4.18. The fraction of sp³-hybridized carbons (Fsp3) is 0.615. The van der Waals surface area contributed by atoms with Gasteiger partial charge >= 0.3 is 12.1 Å². The molecule has 0 saturated carbocycles. The molecule has 0 bridgehead atoms. The third kappa shape index (κ3) is 6.21. The van der Waals surface area contributed by atoms with Crippen LogP contribution in [0.4, 0.5) is 4.79 Å². The summed E-state index contributed by atoms with van der Waals surface area (Å²) in [6.45, 7) is 5.16. The van der Waals surface area contributed by atoms with Gasteiger partial charge in [0, 0.05) is 18.8 Å². The van der Waals surface area contributed by atoms with Gasteiger partial charge in [-0.15, -0.1) is 0 Å². The first kappa shape index (κ1) is 16.0. The van der Waals surface area contributed by atoms with E-state index in [9.17, 15) is 9.59 Å². The van der Waals surface area contributed by atoms with Crippen LogP contribution in [0.3, 0.4) is 0 Å². The van der Waals surface area contributed by atoms with Gasteiger partial charge in [-0.05, 0) is 33.6 Å². The fourth-order valence-electron chi connectivity index (χ4n) is 1.62. The average molecular weight is 283 g/mol. The molecule has 1 aromatic heterocycles. The van der Waals surface area contributed by atoms with Crippen molar-refractivity contribution in [3.05, 3.63) is 18.2 Å². The number of H-pyrrole nitrogens is 1. The van der Waals surface area contributed by atoms with Crippen molar-refractivity contribution in [1.29, 1.82) is 0 Å². The molecule has 0 aliphatic heterocycles. The van der Waals surface area contributed by atoms with Gasteiger partial charge in [-0.1, -0.05) is 0 Å². The Labute approximate surface area is 117 Å². The zero-order valence-corrected chi connectivity index (χ0v) is 12.0. The van der Waals surface area contributed by atoms with Crippen molar-refractivity contribution >= 4 is 12.1 Å². The number of nitrogens with one attached hydrogen (secondary N) is 2. The van der Waals surface area contributed by atoms with Crippen molar-refractivity contribution in [1.82, 2.24) is 15.3 Å². The van der Waals surface area contributed by atoms with E-state index >= 15 is 0 Å². The first-order valence-corrected chi connectivity index (χ1v) is 6.48. The summed E-state index contributed by atoms with van der Waals surface area (Å²) in [7, 11) is 0. The van der Waals surface area contributed by atoms with Crippen LogP contribution in [0.25, 0.3) is 0 Å². The van der Waals surface area contributed by atoms with Crippen LogP contribution in [0.2, 0.25) is 0 Å². The van der Waals surface area contributed by atoms with E-state index < -0.39 is 23.7 Å². The lowest BCUT2D eigenvalue weighted by Gasteiger charge is -2.21. The molecule has 0 aromatic carbocycles. The maximum absolute atomic E-state index is 11.6. The number of rotatable bonds is 6. The number of imidazole rings is 1. The molecule has 1 aromatic rings. The molecule has 0 aliphatic carbocycles. The van der Waals surface area contributed by atoms with Crippen molar-refractivity contribution in [2.24, 2.45) is 0 Å². The zero-order chi connectivity index (χ0) is 15.2. The van der Waals surface area contributed by atoms with Gasteiger partial charge < -0.3 is 20.1 Å². The van der Waals surface area contributed by atoms with Gasteiger partial charge in [-0.25, -0.2) is 14.6 Å². The van der Waals surface area contributed by atoms with Gasteiger partial charge in [-0.2, -0.15) is 0 Å². The number of carboxylic acid groups (broad SMARTS) is 1. The number of hydrogen-bond donors (Lipinski definition) is 3. The number of carbonyl (C=O) groups excluding carboxylic acids is 1. The van der Waals surface area contributed by atoms with Crippen LogP contribution in [0.15, 0.2) is 12.4 Å². The van der Waals surface area contributed by atoms with Gasteiger partial charge in [0.15, 0.2) is 0 Å². The molecule has 7 nitrogen and oxygen atoms in total. The highest BCUT2D eigenvalue weighted by Crippen LogP contribution is 2.08. The molecule has 0 aliphatic rings. The number of ether oxygens (including phenoxy) is 1. The maximum Gasteiger partial charge on any atom is 0.408 e. The van der Waals surface area contributed by atoms with E-state index in [4.69, 9.17) is 9.84 Å². The summed E-state index contributed by atoms with van der Waals surface area (Å²) in [6, 6.07) is -0.959. The fourth-order valence-corrected chi connectivity index (χ4v) is 1.62. The first-order chi connectivity index (χ1) is 9.28. The molecule has 1 heterocycles. The molecule has 7 heteroatoms. The number of hydrogen-bond acceptors (Lipinski definition) is 4. The summed E-state index contributed by atoms with van der Waals surface area (Å²) in [4.78, 5) is 29.6. The summed E-state index contributed by atoms with van der Waals surface area (Å²) in [5, 5.41) is 11.4. The zero-order valence-electron chi connectivity index (χ0n) is 12.0. The Morgan fingerprint density at radius 1 is 1.50 bits per heavy atom. The van der Waals surface area contributed by atoms with E-state index in [1.807, 2.05) is 0 Å². The Morgan fingerprint density at radius 3 is 2.70 bits per heavy atom. The van der Waals surface area contributed by atoms with Crippen LogP contribution in [-0.4, -0.2) is 38.8 Å². The minimum Gasteiger partial charge on any atom is -0.480 e. The van der Waals surface area contributed by atoms with Crippen LogP contribution in [-0.2, 0) is 16.0 Å². The normalized spacial score (nSPS) is 12.8. The second-order valence-corrected chi connectivity index (χ2v) is 5.47. The van der Waals surface area contributed by atoms with Crippen LogP contribution >= 0.6 is 0 Å². The van der Waals surface area contributed by atoms with Gasteiger partial charge in [0.05, 0.1) is 0 Å². The minimum atomic E-state index is -1.07.